The highest BCUT2D eigenvalue weighted by atomic mass is 16.4. The minimum atomic E-state index is -0.872. The van der Waals surface area contributed by atoms with E-state index in [9.17, 15) is 4.79 Å². The molecule has 18 heavy (non-hydrogen) atoms. The molecular weight excluding hydrogens is 228 g/mol. The number of para-hydroxylation sites is 1. The van der Waals surface area contributed by atoms with Crippen molar-refractivity contribution < 1.29 is 9.90 Å². The van der Waals surface area contributed by atoms with Gasteiger partial charge in [-0.15, -0.1) is 0 Å². The summed E-state index contributed by atoms with van der Waals surface area (Å²) in [6, 6.07) is 7.33. The van der Waals surface area contributed by atoms with Crippen LogP contribution in [-0.2, 0) is 10.3 Å². The second-order valence-corrected chi connectivity index (χ2v) is 4.58. The van der Waals surface area contributed by atoms with Crippen molar-refractivity contribution in [2.75, 3.05) is 5.73 Å². The molecule has 2 rings (SSSR count). The van der Waals surface area contributed by atoms with Gasteiger partial charge in [-0.2, -0.15) is 0 Å². The first-order chi connectivity index (χ1) is 8.44. The number of anilines is 1. The van der Waals surface area contributed by atoms with Crippen LogP contribution < -0.4 is 11.5 Å². The molecule has 0 aromatic heterocycles. The molecule has 0 amide bonds. The number of carboxylic acid groups (broad SMARTS) is 1. The molecule has 2 unspecified atom stereocenters. The second kappa shape index (κ2) is 4.31. The molecule has 94 valence electrons. The first kappa shape index (κ1) is 12.4. The van der Waals surface area contributed by atoms with Gasteiger partial charge in [0, 0.05) is 11.3 Å². The van der Waals surface area contributed by atoms with Gasteiger partial charge in [-0.05, 0) is 13.0 Å². The highest BCUT2D eigenvalue weighted by molar-refractivity contribution is 5.77. The van der Waals surface area contributed by atoms with Crippen molar-refractivity contribution >= 4 is 11.7 Å². The Hall–Kier alpha value is -2.07. The predicted molar refractivity (Wildman–Crippen MR) is 70.7 cm³/mol. The van der Waals surface area contributed by atoms with E-state index in [0.29, 0.717) is 5.69 Å². The summed E-state index contributed by atoms with van der Waals surface area (Å²) in [4.78, 5) is 11.0. The van der Waals surface area contributed by atoms with E-state index >= 15 is 0 Å². The Labute approximate surface area is 106 Å². The van der Waals surface area contributed by atoms with Gasteiger partial charge >= 0.3 is 5.97 Å². The quantitative estimate of drug-likeness (QED) is 0.545. The molecule has 0 fully saturated rings. The number of hydrogen-bond acceptors (Lipinski definition) is 3. The third-order valence-corrected chi connectivity index (χ3v) is 3.21. The van der Waals surface area contributed by atoms with Crippen LogP contribution in [-0.4, -0.2) is 11.1 Å². The third-order valence-electron chi connectivity index (χ3n) is 3.21. The standard InChI is InChI=1S/C14H16N2O2/c1-9-8-14(16,7-6-10(9)13(17)18)11-4-2-3-5-12(11)15/h2-8,10H,15-16H2,1H3,(H,17,18). The van der Waals surface area contributed by atoms with Gasteiger partial charge in [-0.3, -0.25) is 4.79 Å². The van der Waals surface area contributed by atoms with Crippen LogP contribution in [0, 0.1) is 5.92 Å². The van der Waals surface area contributed by atoms with Gasteiger partial charge in [-0.1, -0.05) is 42.0 Å². The molecule has 4 nitrogen and oxygen atoms in total. The van der Waals surface area contributed by atoms with Crippen LogP contribution in [0.1, 0.15) is 12.5 Å². The van der Waals surface area contributed by atoms with E-state index in [0.717, 1.165) is 11.1 Å². The molecule has 0 bridgehead atoms. The molecule has 0 saturated heterocycles. The van der Waals surface area contributed by atoms with E-state index in [2.05, 4.69) is 0 Å². The smallest absolute Gasteiger partial charge is 0.314 e. The first-order valence-electron chi connectivity index (χ1n) is 5.69. The molecule has 0 aliphatic heterocycles. The number of carboxylic acids is 1. The Morgan fingerprint density at radius 3 is 2.61 bits per heavy atom. The zero-order valence-corrected chi connectivity index (χ0v) is 10.1. The summed E-state index contributed by atoms with van der Waals surface area (Å²) in [6.07, 6.45) is 5.08. The molecule has 4 heteroatoms. The summed E-state index contributed by atoms with van der Waals surface area (Å²) in [6.45, 7) is 1.77. The zero-order valence-electron chi connectivity index (χ0n) is 10.1. The number of aliphatic carboxylic acids is 1. The summed E-state index contributed by atoms with van der Waals surface area (Å²) in [5.74, 6) is -1.48. The van der Waals surface area contributed by atoms with Crippen molar-refractivity contribution in [1.29, 1.82) is 0 Å². The van der Waals surface area contributed by atoms with Gasteiger partial charge in [0.25, 0.3) is 0 Å². The van der Waals surface area contributed by atoms with E-state index in [1.54, 1.807) is 31.2 Å². The fourth-order valence-corrected chi connectivity index (χ4v) is 2.26. The monoisotopic (exact) mass is 244 g/mol. The third kappa shape index (κ3) is 2.02. The Morgan fingerprint density at radius 1 is 1.39 bits per heavy atom. The molecule has 1 aliphatic rings. The maximum atomic E-state index is 11.0. The molecule has 0 heterocycles. The maximum Gasteiger partial charge on any atom is 0.314 e. The number of nitrogens with two attached hydrogens (primary N) is 2. The lowest BCUT2D eigenvalue weighted by Gasteiger charge is -2.29. The Balaban J connectivity index is 2.45. The van der Waals surface area contributed by atoms with Crippen LogP contribution in [0.25, 0.3) is 0 Å². The van der Waals surface area contributed by atoms with Crippen LogP contribution in [0.4, 0.5) is 5.69 Å². The van der Waals surface area contributed by atoms with Gasteiger partial charge in [0.05, 0.1) is 11.5 Å². The summed E-state index contributed by atoms with van der Waals surface area (Å²) < 4.78 is 0. The number of rotatable bonds is 2. The first-order valence-corrected chi connectivity index (χ1v) is 5.69. The van der Waals surface area contributed by atoms with Crippen LogP contribution in [0.5, 0.6) is 0 Å². The van der Waals surface area contributed by atoms with Crippen molar-refractivity contribution in [2.24, 2.45) is 11.7 Å². The van der Waals surface area contributed by atoms with Crippen LogP contribution in [0.2, 0.25) is 0 Å². The number of hydrogen-bond donors (Lipinski definition) is 3. The maximum absolute atomic E-state index is 11.0. The molecular formula is C14H16N2O2. The summed E-state index contributed by atoms with van der Waals surface area (Å²) in [5, 5.41) is 9.05. The van der Waals surface area contributed by atoms with E-state index in [-0.39, 0.29) is 0 Å². The normalized spacial score (nSPS) is 26.8. The predicted octanol–water partition coefficient (Wildman–Crippen LogP) is 1.64. The van der Waals surface area contributed by atoms with Crippen LogP contribution >= 0.6 is 0 Å². The van der Waals surface area contributed by atoms with E-state index in [4.69, 9.17) is 16.6 Å². The molecule has 1 aromatic carbocycles. The highest BCUT2D eigenvalue weighted by Gasteiger charge is 2.30. The lowest BCUT2D eigenvalue weighted by atomic mass is 9.80. The van der Waals surface area contributed by atoms with E-state index < -0.39 is 17.4 Å². The average Bonchev–Trinajstić information content (AvgIpc) is 2.28. The van der Waals surface area contributed by atoms with E-state index in [1.807, 2.05) is 18.2 Å². The molecule has 2 atom stereocenters. The fraction of sp³-hybridized carbons (Fsp3) is 0.214. The van der Waals surface area contributed by atoms with E-state index in [1.165, 1.54) is 0 Å². The van der Waals surface area contributed by atoms with Crippen LogP contribution in [0.15, 0.2) is 48.1 Å². The average molecular weight is 244 g/mol. The number of benzene rings is 1. The number of carbonyl (C=O) groups is 1. The molecule has 1 aliphatic carbocycles. The Morgan fingerprint density at radius 2 is 2.06 bits per heavy atom. The van der Waals surface area contributed by atoms with Crippen molar-refractivity contribution in [3.8, 4) is 0 Å². The van der Waals surface area contributed by atoms with Gasteiger partial charge in [0.1, 0.15) is 0 Å². The minimum Gasteiger partial charge on any atom is -0.481 e. The minimum absolute atomic E-state index is 0.600. The topological polar surface area (TPSA) is 89.3 Å². The molecule has 5 N–H and O–H groups in total. The lowest BCUT2D eigenvalue weighted by Crippen LogP contribution is -2.36. The molecule has 1 aromatic rings. The summed E-state index contributed by atoms with van der Waals surface area (Å²) >= 11 is 0. The lowest BCUT2D eigenvalue weighted by molar-refractivity contribution is -0.138. The molecule has 0 saturated carbocycles. The van der Waals surface area contributed by atoms with Gasteiger partial charge in [0.15, 0.2) is 0 Å². The van der Waals surface area contributed by atoms with Gasteiger partial charge in [0.2, 0.25) is 0 Å². The Bertz CT molecular complexity index is 548. The SMILES string of the molecule is CC1=CC(N)(c2ccccc2N)C=CC1C(=O)O. The molecule has 0 spiro atoms. The zero-order chi connectivity index (χ0) is 13.3. The summed E-state index contributed by atoms with van der Waals surface area (Å²) in [7, 11) is 0. The van der Waals surface area contributed by atoms with Crippen LogP contribution in [0.3, 0.4) is 0 Å². The second-order valence-electron chi connectivity index (χ2n) is 4.58. The van der Waals surface area contributed by atoms with Gasteiger partial charge in [-0.25, -0.2) is 0 Å². The number of nitrogen functional groups attached to an aromatic ring is 1. The van der Waals surface area contributed by atoms with Crippen molar-refractivity contribution in [3.05, 3.63) is 53.6 Å². The Kier molecular flexibility index (Phi) is 2.97. The highest BCUT2D eigenvalue weighted by Crippen LogP contribution is 2.33. The fourth-order valence-electron chi connectivity index (χ4n) is 2.26. The largest absolute Gasteiger partial charge is 0.481 e. The molecule has 0 radical (unpaired) electrons. The van der Waals surface area contributed by atoms with Crippen molar-refractivity contribution in [3.63, 3.8) is 0 Å². The van der Waals surface area contributed by atoms with Crippen molar-refractivity contribution in [1.82, 2.24) is 0 Å². The summed E-state index contributed by atoms with van der Waals surface area (Å²) in [5.41, 5.74) is 13.5. The van der Waals surface area contributed by atoms with Crippen molar-refractivity contribution in [2.45, 2.75) is 12.5 Å². The van der Waals surface area contributed by atoms with Gasteiger partial charge < -0.3 is 16.6 Å².